The first-order valence-corrected chi connectivity index (χ1v) is 9.35. The van der Waals surface area contributed by atoms with E-state index >= 15 is 0 Å². The summed E-state index contributed by atoms with van der Waals surface area (Å²) < 4.78 is 8.68. The largest absolute Gasteiger partial charge is 0.376 e. The molecule has 8 heteroatoms. The van der Waals surface area contributed by atoms with Gasteiger partial charge in [0, 0.05) is 13.2 Å². The highest BCUT2D eigenvalue weighted by molar-refractivity contribution is 7.99. The molecule has 1 aliphatic heterocycles. The second-order valence-corrected chi connectivity index (χ2v) is 7.35. The van der Waals surface area contributed by atoms with Crippen LogP contribution in [0.3, 0.4) is 0 Å². The third-order valence-electron chi connectivity index (χ3n) is 3.79. The Morgan fingerprint density at radius 2 is 2.35 bits per heavy atom. The molecule has 0 unspecified atom stereocenters. The molecular weight excluding hydrogens is 332 g/mol. The van der Waals surface area contributed by atoms with Gasteiger partial charge >= 0.3 is 0 Å². The second kappa shape index (κ2) is 6.46. The van der Waals surface area contributed by atoms with Gasteiger partial charge < -0.3 is 10.1 Å². The van der Waals surface area contributed by atoms with Gasteiger partial charge in [-0.15, -0.1) is 10.2 Å². The van der Waals surface area contributed by atoms with Crippen LogP contribution in [0, 0.1) is 0 Å². The van der Waals surface area contributed by atoms with Crippen LogP contribution in [0.1, 0.15) is 12.8 Å². The van der Waals surface area contributed by atoms with E-state index in [0.29, 0.717) is 12.3 Å². The SMILES string of the molecule is O=C(CSc1nnc2sc3ccccc3n12)NC[C@H]1CCCO1. The topological polar surface area (TPSA) is 68.5 Å². The van der Waals surface area contributed by atoms with E-state index in [2.05, 4.69) is 21.6 Å². The van der Waals surface area contributed by atoms with Crippen LogP contribution in [0.4, 0.5) is 0 Å². The lowest BCUT2D eigenvalue weighted by Gasteiger charge is -2.10. The normalized spacial score (nSPS) is 18.0. The Morgan fingerprint density at radius 3 is 3.22 bits per heavy atom. The molecule has 1 fully saturated rings. The first-order chi connectivity index (χ1) is 11.3. The average Bonchev–Trinajstić information content (AvgIpc) is 3.27. The summed E-state index contributed by atoms with van der Waals surface area (Å²) in [6, 6.07) is 8.12. The summed E-state index contributed by atoms with van der Waals surface area (Å²) >= 11 is 3.01. The number of carbonyl (C=O) groups is 1. The summed E-state index contributed by atoms with van der Waals surface area (Å²) in [5.74, 6) is 0.333. The molecule has 1 saturated heterocycles. The van der Waals surface area contributed by atoms with E-state index in [0.717, 1.165) is 35.1 Å². The molecular formula is C15H16N4O2S2. The van der Waals surface area contributed by atoms with E-state index in [1.807, 2.05) is 22.6 Å². The van der Waals surface area contributed by atoms with E-state index in [4.69, 9.17) is 4.74 Å². The smallest absolute Gasteiger partial charge is 0.230 e. The van der Waals surface area contributed by atoms with Crippen LogP contribution in [-0.2, 0) is 9.53 Å². The Labute approximate surface area is 141 Å². The summed E-state index contributed by atoms with van der Waals surface area (Å²) in [5.41, 5.74) is 1.08. The zero-order chi connectivity index (χ0) is 15.6. The molecule has 0 radical (unpaired) electrons. The maximum atomic E-state index is 12.0. The third-order valence-corrected chi connectivity index (χ3v) is 5.74. The molecule has 3 aromatic rings. The summed E-state index contributed by atoms with van der Waals surface area (Å²) in [6.07, 6.45) is 2.28. The molecule has 1 N–H and O–H groups in total. The fourth-order valence-corrected chi connectivity index (χ4v) is 4.46. The van der Waals surface area contributed by atoms with Crippen molar-refractivity contribution in [3.05, 3.63) is 24.3 Å². The zero-order valence-electron chi connectivity index (χ0n) is 12.4. The van der Waals surface area contributed by atoms with E-state index in [-0.39, 0.29) is 12.0 Å². The summed E-state index contributed by atoms with van der Waals surface area (Å²) in [6.45, 7) is 1.40. The average molecular weight is 348 g/mol. The highest BCUT2D eigenvalue weighted by Crippen LogP contribution is 2.29. The molecule has 2 aromatic heterocycles. The number of carbonyl (C=O) groups excluding carboxylic acids is 1. The second-order valence-electron chi connectivity index (χ2n) is 5.40. The number of rotatable bonds is 5. The lowest BCUT2D eigenvalue weighted by molar-refractivity contribution is -0.119. The van der Waals surface area contributed by atoms with Crippen molar-refractivity contribution >= 4 is 44.2 Å². The van der Waals surface area contributed by atoms with E-state index in [1.165, 1.54) is 16.5 Å². The van der Waals surface area contributed by atoms with Crippen molar-refractivity contribution in [1.29, 1.82) is 0 Å². The van der Waals surface area contributed by atoms with Crippen molar-refractivity contribution in [1.82, 2.24) is 19.9 Å². The lowest BCUT2D eigenvalue weighted by atomic mass is 10.2. The van der Waals surface area contributed by atoms with Crippen LogP contribution in [0.15, 0.2) is 29.4 Å². The summed E-state index contributed by atoms with van der Waals surface area (Å²) in [5, 5.41) is 12.1. The first-order valence-electron chi connectivity index (χ1n) is 7.55. The van der Waals surface area contributed by atoms with Crippen LogP contribution in [0.25, 0.3) is 15.2 Å². The molecule has 0 bridgehead atoms. The molecule has 1 amide bonds. The number of fused-ring (bicyclic) bond motifs is 3. The molecule has 4 rings (SSSR count). The quantitative estimate of drug-likeness (QED) is 0.717. The van der Waals surface area contributed by atoms with Gasteiger partial charge in [-0.05, 0) is 25.0 Å². The fourth-order valence-electron chi connectivity index (χ4n) is 2.66. The maximum absolute atomic E-state index is 12.0. The number of thioether (sulfide) groups is 1. The van der Waals surface area contributed by atoms with Crippen LogP contribution in [-0.4, -0.2) is 45.5 Å². The van der Waals surface area contributed by atoms with E-state index < -0.39 is 0 Å². The number of benzene rings is 1. The minimum Gasteiger partial charge on any atom is -0.376 e. The molecule has 0 saturated carbocycles. The molecule has 6 nitrogen and oxygen atoms in total. The van der Waals surface area contributed by atoms with Crippen molar-refractivity contribution in [3.8, 4) is 0 Å². The minimum atomic E-state index is 0.00165. The number of nitrogens with zero attached hydrogens (tertiary/aromatic N) is 3. The van der Waals surface area contributed by atoms with E-state index in [1.54, 1.807) is 11.3 Å². The Kier molecular flexibility index (Phi) is 4.19. The molecule has 3 heterocycles. The van der Waals surface area contributed by atoms with Crippen molar-refractivity contribution in [2.45, 2.75) is 24.1 Å². The third kappa shape index (κ3) is 3.06. The van der Waals surface area contributed by atoms with Gasteiger partial charge in [0.2, 0.25) is 10.9 Å². The number of thiazole rings is 1. The van der Waals surface area contributed by atoms with Gasteiger partial charge in [-0.25, -0.2) is 0 Å². The number of ether oxygens (including phenoxy) is 1. The van der Waals surface area contributed by atoms with Crippen LogP contribution < -0.4 is 5.32 Å². The standard InChI is InChI=1S/C15H16N4O2S2/c20-13(16-8-10-4-3-7-21-10)9-22-14-17-18-15-19(14)11-5-1-2-6-12(11)23-15/h1-2,5-6,10H,3-4,7-9H2,(H,16,20)/t10-/m1/s1. The van der Waals surface area contributed by atoms with Crippen molar-refractivity contribution in [3.63, 3.8) is 0 Å². The van der Waals surface area contributed by atoms with Gasteiger partial charge in [-0.2, -0.15) is 0 Å². The molecule has 1 aliphatic rings. The molecule has 1 aromatic carbocycles. The highest BCUT2D eigenvalue weighted by Gasteiger charge is 2.17. The maximum Gasteiger partial charge on any atom is 0.230 e. The zero-order valence-corrected chi connectivity index (χ0v) is 14.0. The monoisotopic (exact) mass is 348 g/mol. The van der Waals surface area contributed by atoms with Gasteiger partial charge in [0.15, 0.2) is 5.16 Å². The number of nitrogens with one attached hydrogen (secondary N) is 1. The van der Waals surface area contributed by atoms with Crippen molar-refractivity contribution in [2.24, 2.45) is 0 Å². The van der Waals surface area contributed by atoms with Gasteiger partial charge in [0.25, 0.3) is 0 Å². The fraction of sp³-hybridized carbons (Fsp3) is 0.400. The van der Waals surface area contributed by atoms with E-state index in [9.17, 15) is 4.79 Å². The Balaban J connectivity index is 1.42. The molecule has 23 heavy (non-hydrogen) atoms. The van der Waals surface area contributed by atoms with Gasteiger partial charge in [0.1, 0.15) is 0 Å². The number of aromatic nitrogens is 3. The number of para-hydroxylation sites is 1. The predicted molar refractivity (Wildman–Crippen MR) is 91.1 cm³/mol. The van der Waals surface area contributed by atoms with Crippen LogP contribution >= 0.6 is 23.1 Å². The number of hydrogen-bond acceptors (Lipinski definition) is 6. The number of hydrogen-bond donors (Lipinski definition) is 1. The minimum absolute atomic E-state index is 0.00165. The first kappa shape index (κ1) is 14.9. The molecule has 120 valence electrons. The Bertz CT molecular complexity index is 838. The van der Waals surface area contributed by atoms with Crippen molar-refractivity contribution < 1.29 is 9.53 Å². The van der Waals surface area contributed by atoms with Gasteiger partial charge in [-0.1, -0.05) is 35.2 Å². The molecule has 0 aliphatic carbocycles. The Hall–Kier alpha value is -1.64. The van der Waals surface area contributed by atoms with Crippen molar-refractivity contribution in [2.75, 3.05) is 18.9 Å². The number of amides is 1. The molecule has 1 atom stereocenters. The van der Waals surface area contributed by atoms with Crippen LogP contribution in [0.2, 0.25) is 0 Å². The summed E-state index contributed by atoms with van der Waals surface area (Å²) in [7, 11) is 0. The predicted octanol–water partition coefficient (Wildman–Crippen LogP) is 2.33. The highest BCUT2D eigenvalue weighted by atomic mass is 32.2. The van der Waals surface area contributed by atoms with Gasteiger partial charge in [-0.3, -0.25) is 9.20 Å². The van der Waals surface area contributed by atoms with Gasteiger partial charge in [0.05, 0.1) is 22.1 Å². The Morgan fingerprint density at radius 1 is 1.43 bits per heavy atom. The van der Waals surface area contributed by atoms with Crippen LogP contribution in [0.5, 0.6) is 0 Å². The lowest BCUT2D eigenvalue weighted by Crippen LogP contribution is -2.32. The molecule has 0 spiro atoms. The summed E-state index contributed by atoms with van der Waals surface area (Å²) in [4.78, 5) is 12.8.